The molecule has 0 saturated carbocycles. The number of nitriles is 1. The summed E-state index contributed by atoms with van der Waals surface area (Å²) in [5.74, 6) is 0. The van der Waals surface area contributed by atoms with E-state index in [2.05, 4.69) is 0 Å². The van der Waals surface area contributed by atoms with Crippen LogP contribution in [0.5, 0.6) is 0 Å². The van der Waals surface area contributed by atoms with Gasteiger partial charge < -0.3 is 0 Å². The number of anilines is 1. The summed E-state index contributed by atoms with van der Waals surface area (Å²) in [5, 5.41) is 19.9. The van der Waals surface area contributed by atoms with Crippen LogP contribution < -0.4 is 4.31 Å². The fourth-order valence-corrected chi connectivity index (χ4v) is 4.57. The van der Waals surface area contributed by atoms with Gasteiger partial charge in [-0.05, 0) is 48.0 Å². The summed E-state index contributed by atoms with van der Waals surface area (Å²) in [6.07, 6.45) is -4.72. The van der Waals surface area contributed by atoms with Gasteiger partial charge in [0.25, 0.3) is 15.7 Å². The maximum absolute atomic E-state index is 13.4. The minimum atomic E-state index is -4.72. The molecule has 0 N–H and O–H groups in total. The molecule has 0 fully saturated rings. The Bertz CT molecular complexity index is 1350. The summed E-state index contributed by atoms with van der Waals surface area (Å²) in [7, 11) is -4.57. The fourth-order valence-electron chi connectivity index (χ4n) is 2.92. The van der Waals surface area contributed by atoms with Crippen LogP contribution in [0, 0.1) is 21.4 Å². The van der Waals surface area contributed by atoms with Crippen molar-refractivity contribution in [1.29, 1.82) is 5.26 Å². The Morgan fingerprint density at radius 2 is 1.73 bits per heavy atom. The monoisotopic (exact) mass is 495 g/mol. The van der Waals surface area contributed by atoms with Crippen LogP contribution in [0.15, 0.2) is 71.6 Å². The Morgan fingerprint density at radius 3 is 2.30 bits per heavy atom. The van der Waals surface area contributed by atoms with Gasteiger partial charge in [0, 0.05) is 6.07 Å². The molecule has 0 bridgehead atoms. The summed E-state index contributed by atoms with van der Waals surface area (Å²) >= 11 is 5.77. The standard InChI is InChI=1S/C21H13ClF3N3O4S/c22-19-9-8-18(11-20(19)28(29)30)33(31,32)27(13-15-6-4-14(12-26)5-7-15)17-3-1-2-16(10-17)21(23,24)25/h1-11H,13H2. The molecule has 0 aromatic heterocycles. The summed E-state index contributed by atoms with van der Waals surface area (Å²) in [5.41, 5.74) is -1.35. The van der Waals surface area contributed by atoms with Crippen LogP contribution >= 0.6 is 11.6 Å². The second-order valence-corrected chi connectivity index (χ2v) is 9.01. The highest BCUT2D eigenvalue weighted by Gasteiger charge is 2.33. The van der Waals surface area contributed by atoms with Crippen molar-refractivity contribution in [3.8, 4) is 6.07 Å². The van der Waals surface area contributed by atoms with E-state index in [-0.39, 0.29) is 10.7 Å². The smallest absolute Gasteiger partial charge is 0.262 e. The van der Waals surface area contributed by atoms with E-state index in [4.69, 9.17) is 16.9 Å². The van der Waals surface area contributed by atoms with E-state index in [0.717, 1.165) is 30.3 Å². The van der Waals surface area contributed by atoms with Gasteiger partial charge in [0.2, 0.25) is 0 Å². The molecule has 33 heavy (non-hydrogen) atoms. The number of nitro groups is 1. The number of sulfonamides is 1. The largest absolute Gasteiger partial charge is 0.416 e. The van der Waals surface area contributed by atoms with Crippen molar-refractivity contribution in [3.05, 3.63) is 98.6 Å². The normalized spacial score (nSPS) is 11.6. The van der Waals surface area contributed by atoms with Crippen molar-refractivity contribution in [3.63, 3.8) is 0 Å². The molecule has 0 heterocycles. The van der Waals surface area contributed by atoms with Crippen molar-refractivity contribution in [2.75, 3.05) is 4.31 Å². The molecule has 0 aliphatic rings. The fraction of sp³-hybridized carbons (Fsp3) is 0.0952. The molecule has 12 heteroatoms. The van der Waals surface area contributed by atoms with Crippen molar-refractivity contribution < 1.29 is 26.5 Å². The molecular weight excluding hydrogens is 483 g/mol. The Kier molecular flexibility index (Phi) is 6.62. The summed E-state index contributed by atoms with van der Waals surface area (Å²) in [6.45, 7) is -0.397. The molecule has 0 amide bonds. The van der Waals surface area contributed by atoms with Crippen LogP contribution in [-0.2, 0) is 22.7 Å². The topological polar surface area (TPSA) is 104 Å². The molecule has 0 spiro atoms. The first kappa shape index (κ1) is 24.0. The van der Waals surface area contributed by atoms with Crippen LogP contribution in [0.1, 0.15) is 16.7 Å². The van der Waals surface area contributed by atoms with E-state index in [1.54, 1.807) is 0 Å². The lowest BCUT2D eigenvalue weighted by Gasteiger charge is -2.25. The van der Waals surface area contributed by atoms with Crippen molar-refractivity contribution in [2.24, 2.45) is 0 Å². The summed E-state index contributed by atoms with van der Waals surface area (Å²) in [4.78, 5) is 9.82. The molecule has 0 aliphatic carbocycles. The molecule has 0 saturated heterocycles. The van der Waals surface area contributed by atoms with Crippen LogP contribution in [0.3, 0.4) is 0 Å². The highest BCUT2D eigenvalue weighted by Crippen LogP contribution is 2.35. The predicted octanol–water partition coefficient (Wildman–Crippen LogP) is 5.53. The average Bonchev–Trinajstić information content (AvgIpc) is 2.77. The lowest BCUT2D eigenvalue weighted by Crippen LogP contribution is -2.31. The first-order valence-electron chi connectivity index (χ1n) is 9.06. The van der Waals surface area contributed by atoms with E-state index in [1.165, 1.54) is 30.3 Å². The van der Waals surface area contributed by atoms with E-state index in [9.17, 15) is 31.7 Å². The molecule has 0 radical (unpaired) electrons. The zero-order chi connectivity index (χ0) is 24.4. The van der Waals surface area contributed by atoms with E-state index < -0.39 is 43.8 Å². The molecule has 3 aromatic rings. The molecule has 170 valence electrons. The van der Waals surface area contributed by atoms with E-state index >= 15 is 0 Å². The van der Waals surface area contributed by atoms with Crippen molar-refractivity contribution >= 4 is 33.0 Å². The molecule has 3 rings (SSSR count). The van der Waals surface area contributed by atoms with Gasteiger partial charge in [0.15, 0.2) is 0 Å². The van der Waals surface area contributed by atoms with Gasteiger partial charge in [-0.1, -0.05) is 29.8 Å². The Labute approximate surface area is 191 Å². The second-order valence-electron chi connectivity index (χ2n) is 6.74. The number of hydrogen-bond acceptors (Lipinski definition) is 5. The summed E-state index contributed by atoms with van der Waals surface area (Å²) < 4.78 is 67.4. The second kappa shape index (κ2) is 9.09. The first-order chi connectivity index (χ1) is 15.4. The van der Waals surface area contributed by atoms with Gasteiger partial charge in [-0.25, -0.2) is 8.42 Å². The molecule has 0 aliphatic heterocycles. The number of nitro benzene ring substituents is 1. The van der Waals surface area contributed by atoms with Gasteiger partial charge in [-0.3, -0.25) is 14.4 Å². The van der Waals surface area contributed by atoms with Crippen LogP contribution in [0.4, 0.5) is 24.5 Å². The maximum atomic E-state index is 13.4. The zero-order valence-electron chi connectivity index (χ0n) is 16.5. The third kappa shape index (κ3) is 5.24. The van der Waals surface area contributed by atoms with Crippen LogP contribution in [-0.4, -0.2) is 13.3 Å². The zero-order valence-corrected chi connectivity index (χ0v) is 18.0. The highest BCUT2D eigenvalue weighted by atomic mass is 35.5. The number of nitrogens with zero attached hydrogens (tertiary/aromatic N) is 3. The van der Waals surface area contributed by atoms with Crippen molar-refractivity contribution in [2.45, 2.75) is 17.6 Å². The quantitative estimate of drug-likeness (QED) is 0.330. The Hall–Kier alpha value is -3.62. The minimum Gasteiger partial charge on any atom is -0.262 e. The van der Waals surface area contributed by atoms with Crippen LogP contribution in [0.25, 0.3) is 0 Å². The highest BCUT2D eigenvalue weighted by molar-refractivity contribution is 7.92. The number of alkyl halides is 3. The molecule has 0 unspecified atom stereocenters. The van der Waals surface area contributed by atoms with Gasteiger partial charge in [-0.15, -0.1) is 0 Å². The van der Waals surface area contributed by atoms with Gasteiger partial charge in [0.1, 0.15) is 5.02 Å². The van der Waals surface area contributed by atoms with E-state index in [0.29, 0.717) is 21.5 Å². The predicted molar refractivity (Wildman–Crippen MR) is 114 cm³/mol. The molecule has 0 atom stereocenters. The molecular formula is C21H13ClF3N3O4S. The maximum Gasteiger partial charge on any atom is 0.416 e. The SMILES string of the molecule is N#Cc1ccc(CN(c2cccc(C(F)(F)F)c2)S(=O)(=O)c2ccc(Cl)c([N+](=O)[O-])c2)cc1. The minimum absolute atomic E-state index is 0.295. The van der Waals surface area contributed by atoms with Gasteiger partial charge in [-0.2, -0.15) is 18.4 Å². The molecule has 3 aromatic carbocycles. The molecule has 7 nitrogen and oxygen atoms in total. The summed E-state index contributed by atoms with van der Waals surface area (Å²) in [6, 6.07) is 14.2. The van der Waals surface area contributed by atoms with Crippen LogP contribution in [0.2, 0.25) is 5.02 Å². The Morgan fingerprint density at radius 1 is 1.06 bits per heavy atom. The third-order valence-corrected chi connectivity index (χ3v) is 6.66. The third-order valence-electron chi connectivity index (χ3n) is 4.57. The van der Waals surface area contributed by atoms with Crippen molar-refractivity contribution in [1.82, 2.24) is 0 Å². The number of halogens is 4. The number of hydrogen-bond donors (Lipinski definition) is 0. The van der Waals surface area contributed by atoms with E-state index in [1.807, 2.05) is 6.07 Å². The average molecular weight is 496 g/mol. The van der Waals surface area contributed by atoms with Gasteiger partial charge in [0.05, 0.1) is 39.2 Å². The Balaban J connectivity index is 2.17. The first-order valence-corrected chi connectivity index (χ1v) is 10.9. The number of benzene rings is 3. The lowest BCUT2D eigenvalue weighted by atomic mass is 10.1. The lowest BCUT2D eigenvalue weighted by molar-refractivity contribution is -0.384. The van der Waals surface area contributed by atoms with Gasteiger partial charge >= 0.3 is 6.18 Å². The number of rotatable bonds is 6.